The number of aromatic nitrogens is 1. The summed E-state index contributed by atoms with van der Waals surface area (Å²) in [6, 6.07) is 9.47. The molecule has 1 aromatic heterocycles. The number of hydrogen-bond donors (Lipinski definition) is 2. The number of aryl methyl sites for hydroxylation is 2. The fraction of sp³-hybridized carbons (Fsp3) is 0.474. The third-order valence-electron chi connectivity index (χ3n) is 4.80. The number of anilines is 1. The van der Waals surface area contributed by atoms with Crippen molar-refractivity contribution in [2.45, 2.75) is 51.7 Å². The fourth-order valence-corrected chi connectivity index (χ4v) is 3.41. The van der Waals surface area contributed by atoms with Crippen molar-refractivity contribution in [2.75, 3.05) is 11.9 Å². The molecule has 1 fully saturated rings. The molecule has 0 saturated carbocycles. The van der Waals surface area contributed by atoms with Crippen LogP contribution in [0, 0.1) is 6.92 Å². The van der Waals surface area contributed by atoms with Crippen LogP contribution in [0.1, 0.15) is 49.3 Å². The average Bonchev–Trinajstić information content (AvgIpc) is 3.23. The van der Waals surface area contributed by atoms with E-state index in [4.69, 9.17) is 4.52 Å². The molecule has 3 rings (SSSR count). The molecule has 0 bridgehead atoms. The van der Waals surface area contributed by atoms with Crippen molar-refractivity contribution < 1.29 is 14.4 Å². The number of urea groups is 1. The number of rotatable bonds is 5. The summed E-state index contributed by atoms with van der Waals surface area (Å²) < 4.78 is 5.23. The van der Waals surface area contributed by atoms with Gasteiger partial charge in [0.15, 0.2) is 5.76 Å². The first-order chi connectivity index (χ1) is 12.1. The normalized spacial score (nSPS) is 18.4. The van der Waals surface area contributed by atoms with Crippen molar-refractivity contribution in [1.82, 2.24) is 10.1 Å². The molecule has 1 aliphatic heterocycles. The summed E-state index contributed by atoms with van der Waals surface area (Å²) in [5.74, 6) is 0.686. The lowest BCUT2D eigenvalue weighted by Gasteiger charge is -2.27. The topological polar surface area (TPSA) is 78.6 Å². The minimum atomic E-state index is -0.567. The Kier molecular flexibility index (Phi) is 5.38. The number of carbonyl (C=O) groups excluding carboxylic acids is 1. The molecule has 2 aromatic rings. The van der Waals surface area contributed by atoms with E-state index in [0.717, 1.165) is 18.4 Å². The highest BCUT2D eigenvalue weighted by atomic mass is 16.5. The Labute approximate surface area is 147 Å². The van der Waals surface area contributed by atoms with E-state index in [0.29, 0.717) is 36.5 Å². The number of hydrogen-bond acceptors (Lipinski definition) is 4. The number of amides is 2. The summed E-state index contributed by atoms with van der Waals surface area (Å²) in [7, 11) is 0. The lowest BCUT2D eigenvalue weighted by molar-refractivity contribution is 0.129. The van der Waals surface area contributed by atoms with Gasteiger partial charge < -0.3 is 19.8 Å². The molecular formula is C19H25N3O3. The highest BCUT2D eigenvalue weighted by Gasteiger charge is 2.31. The standard InChI is InChI=1S/C19H25N3O3/c1-3-17-18(13(2)21-25-17)20-19(24)22-11-7-10-15(22)12-16(23)14-8-5-4-6-9-14/h4-6,8-9,15-16,23H,3,7,10-12H2,1-2H3,(H,20,24). The first-order valence-electron chi connectivity index (χ1n) is 8.86. The number of nitrogens with zero attached hydrogens (tertiary/aromatic N) is 2. The van der Waals surface area contributed by atoms with Crippen molar-refractivity contribution in [3.8, 4) is 0 Å². The van der Waals surface area contributed by atoms with Gasteiger partial charge in [0.2, 0.25) is 0 Å². The van der Waals surface area contributed by atoms with Crippen molar-refractivity contribution in [1.29, 1.82) is 0 Å². The molecule has 1 aliphatic rings. The van der Waals surface area contributed by atoms with Crippen LogP contribution in [0.25, 0.3) is 0 Å². The largest absolute Gasteiger partial charge is 0.388 e. The Bertz CT molecular complexity index is 714. The molecule has 1 saturated heterocycles. The van der Waals surface area contributed by atoms with E-state index >= 15 is 0 Å². The summed E-state index contributed by atoms with van der Waals surface area (Å²) in [5.41, 5.74) is 2.24. The van der Waals surface area contributed by atoms with Crippen LogP contribution in [0.2, 0.25) is 0 Å². The van der Waals surface area contributed by atoms with Crippen LogP contribution in [0.5, 0.6) is 0 Å². The second kappa shape index (κ2) is 7.70. The van der Waals surface area contributed by atoms with Gasteiger partial charge in [-0.3, -0.25) is 0 Å². The van der Waals surface area contributed by atoms with Gasteiger partial charge >= 0.3 is 6.03 Å². The van der Waals surface area contributed by atoms with E-state index in [1.54, 1.807) is 0 Å². The molecule has 0 radical (unpaired) electrons. The highest BCUT2D eigenvalue weighted by molar-refractivity contribution is 5.90. The maximum Gasteiger partial charge on any atom is 0.322 e. The zero-order chi connectivity index (χ0) is 17.8. The predicted octanol–water partition coefficient (Wildman–Crippen LogP) is 3.67. The van der Waals surface area contributed by atoms with Crippen molar-refractivity contribution in [2.24, 2.45) is 0 Å². The first kappa shape index (κ1) is 17.5. The molecule has 25 heavy (non-hydrogen) atoms. The molecular weight excluding hydrogens is 318 g/mol. The maximum absolute atomic E-state index is 12.7. The molecule has 2 unspecified atom stereocenters. The second-order valence-corrected chi connectivity index (χ2v) is 6.50. The fourth-order valence-electron chi connectivity index (χ4n) is 3.41. The third-order valence-corrected chi connectivity index (χ3v) is 4.80. The molecule has 1 aromatic carbocycles. The Morgan fingerprint density at radius 3 is 2.92 bits per heavy atom. The van der Waals surface area contributed by atoms with Gasteiger partial charge in [-0.1, -0.05) is 42.4 Å². The molecule has 134 valence electrons. The third kappa shape index (κ3) is 3.85. The Balaban J connectivity index is 1.66. The monoisotopic (exact) mass is 343 g/mol. The Hall–Kier alpha value is -2.34. The molecule has 2 heterocycles. The van der Waals surface area contributed by atoms with Crippen LogP contribution in [0.4, 0.5) is 10.5 Å². The van der Waals surface area contributed by atoms with Gasteiger partial charge in [-0.15, -0.1) is 0 Å². The molecule has 0 spiro atoms. The quantitative estimate of drug-likeness (QED) is 0.868. The van der Waals surface area contributed by atoms with E-state index in [1.807, 2.05) is 49.1 Å². The van der Waals surface area contributed by atoms with Gasteiger partial charge in [-0.25, -0.2) is 4.79 Å². The van der Waals surface area contributed by atoms with Gasteiger partial charge in [0, 0.05) is 19.0 Å². The SMILES string of the molecule is CCc1onc(C)c1NC(=O)N1CCCC1CC(O)c1ccccc1. The molecule has 0 aliphatic carbocycles. The number of benzene rings is 1. The first-order valence-corrected chi connectivity index (χ1v) is 8.86. The van der Waals surface area contributed by atoms with E-state index in [-0.39, 0.29) is 12.1 Å². The lowest BCUT2D eigenvalue weighted by atomic mass is 10.0. The van der Waals surface area contributed by atoms with E-state index in [1.165, 1.54) is 0 Å². The van der Waals surface area contributed by atoms with E-state index < -0.39 is 6.10 Å². The average molecular weight is 343 g/mol. The number of aliphatic hydroxyl groups excluding tert-OH is 1. The number of nitrogens with one attached hydrogen (secondary N) is 1. The Morgan fingerprint density at radius 2 is 2.20 bits per heavy atom. The van der Waals surface area contributed by atoms with Gasteiger partial charge in [0.1, 0.15) is 11.4 Å². The van der Waals surface area contributed by atoms with Crippen molar-refractivity contribution in [3.05, 3.63) is 47.3 Å². The molecule has 2 N–H and O–H groups in total. The summed E-state index contributed by atoms with van der Waals surface area (Å²) in [6.45, 7) is 4.48. The van der Waals surface area contributed by atoms with Crippen LogP contribution in [0.3, 0.4) is 0 Å². The van der Waals surface area contributed by atoms with Crippen molar-refractivity contribution >= 4 is 11.7 Å². The maximum atomic E-state index is 12.7. The summed E-state index contributed by atoms with van der Waals surface area (Å²) >= 11 is 0. The number of aliphatic hydroxyl groups is 1. The van der Waals surface area contributed by atoms with Crippen molar-refractivity contribution in [3.63, 3.8) is 0 Å². The van der Waals surface area contributed by atoms with Crippen LogP contribution < -0.4 is 5.32 Å². The minimum absolute atomic E-state index is 0.0282. The molecule has 2 amide bonds. The highest BCUT2D eigenvalue weighted by Crippen LogP contribution is 2.29. The predicted molar refractivity (Wildman–Crippen MR) is 95.4 cm³/mol. The number of carbonyl (C=O) groups is 1. The van der Waals surface area contributed by atoms with Crippen LogP contribution in [0.15, 0.2) is 34.9 Å². The Morgan fingerprint density at radius 1 is 1.44 bits per heavy atom. The van der Waals surface area contributed by atoms with E-state index in [9.17, 15) is 9.90 Å². The second-order valence-electron chi connectivity index (χ2n) is 6.50. The lowest BCUT2D eigenvalue weighted by Crippen LogP contribution is -2.39. The summed E-state index contributed by atoms with van der Waals surface area (Å²) in [6.07, 6.45) is 2.50. The van der Waals surface area contributed by atoms with Crippen LogP contribution >= 0.6 is 0 Å². The van der Waals surface area contributed by atoms with Crippen LogP contribution in [-0.2, 0) is 6.42 Å². The molecule has 2 atom stereocenters. The van der Waals surface area contributed by atoms with Gasteiger partial charge in [-0.2, -0.15) is 0 Å². The molecule has 6 nitrogen and oxygen atoms in total. The van der Waals surface area contributed by atoms with Gasteiger partial charge in [0.25, 0.3) is 0 Å². The zero-order valence-corrected chi connectivity index (χ0v) is 14.7. The van der Waals surface area contributed by atoms with Gasteiger partial charge in [-0.05, 0) is 31.7 Å². The summed E-state index contributed by atoms with van der Waals surface area (Å²) in [4.78, 5) is 14.5. The van der Waals surface area contributed by atoms with Gasteiger partial charge in [0.05, 0.1) is 6.10 Å². The van der Waals surface area contributed by atoms with E-state index in [2.05, 4.69) is 10.5 Å². The number of likely N-dealkylation sites (tertiary alicyclic amines) is 1. The van der Waals surface area contributed by atoms with Crippen LogP contribution in [-0.4, -0.2) is 33.8 Å². The minimum Gasteiger partial charge on any atom is -0.388 e. The summed E-state index contributed by atoms with van der Waals surface area (Å²) in [5, 5.41) is 17.3. The smallest absolute Gasteiger partial charge is 0.322 e. The zero-order valence-electron chi connectivity index (χ0n) is 14.7. The molecule has 6 heteroatoms.